The third-order valence-corrected chi connectivity index (χ3v) is 5.12. The van der Waals surface area contributed by atoms with Crippen molar-refractivity contribution in [1.29, 1.82) is 5.26 Å². The second-order valence-electron chi connectivity index (χ2n) is 4.82. The molecule has 0 aliphatic carbocycles. The van der Waals surface area contributed by atoms with E-state index < -0.39 is 59.6 Å². The van der Waals surface area contributed by atoms with Crippen molar-refractivity contribution in [2.45, 2.75) is 16.8 Å². The highest BCUT2D eigenvalue weighted by atomic mass is 35.5. The van der Waals surface area contributed by atoms with Gasteiger partial charge >= 0.3 is 11.9 Å². The standard InChI is InChI=1S/C12H4Cl2F6N4O3S/c13-5-1-4(27-11(15,16)17)2-6(14)8(5)24-10(22)9(7(3-21)23-24)28(25,26)12(18,19)20/h1-2H,22H2. The maximum Gasteiger partial charge on any atom is 0.573 e. The van der Waals surface area contributed by atoms with Crippen molar-refractivity contribution in [3.05, 3.63) is 27.9 Å². The third-order valence-electron chi connectivity index (χ3n) is 2.99. The number of hydrogen-bond donors (Lipinski definition) is 1. The van der Waals surface area contributed by atoms with Crippen LogP contribution >= 0.6 is 23.2 Å². The van der Waals surface area contributed by atoms with Gasteiger partial charge in [0.05, 0.1) is 10.0 Å². The predicted octanol–water partition coefficient (Wildman–Crippen LogP) is 3.83. The van der Waals surface area contributed by atoms with Gasteiger partial charge in [0.25, 0.3) is 9.84 Å². The van der Waals surface area contributed by atoms with Crippen LogP contribution in [0.5, 0.6) is 5.75 Å². The number of sulfone groups is 1. The smallest absolute Gasteiger partial charge is 0.406 e. The molecule has 2 rings (SSSR count). The van der Waals surface area contributed by atoms with Crippen molar-refractivity contribution in [3.8, 4) is 17.5 Å². The van der Waals surface area contributed by atoms with Crippen LogP contribution in [-0.4, -0.2) is 30.1 Å². The minimum absolute atomic E-state index is 0.291. The largest absolute Gasteiger partial charge is 0.573 e. The summed E-state index contributed by atoms with van der Waals surface area (Å²) in [5.74, 6) is -2.05. The Labute approximate surface area is 161 Å². The van der Waals surface area contributed by atoms with Gasteiger partial charge in [-0.3, -0.25) is 0 Å². The lowest BCUT2D eigenvalue weighted by molar-refractivity contribution is -0.274. The zero-order valence-electron chi connectivity index (χ0n) is 12.7. The fourth-order valence-electron chi connectivity index (χ4n) is 1.98. The molecule has 0 atom stereocenters. The lowest BCUT2D eigenvalue weighted by Crippen LogP contribution is -2.24. The van der Waals surface area contributed by atoms with Gasteiger partial charge in [0.1, 0.15) is 23.3 Å². The first-order chi connectivity index (χ1) is 12.6. The molecule has 0 aliphatic rings. The molecule has 0 radical (unpaired) electrons. The molecule has 0 bridgehead atoms. The molecule has 0 amide bonds. The van der Waals surface area contributed by atoms with Gasteiger partial charge in [0.2, 0.25) is 0 Å². The second kappa shape index (κ2) is 6.90. The van der Waals surface area contributed by atoms with Crippen LogP contribution in [-0.2, 0) is 9.84 Å². The van der Waals surface area contributed by atoms with Gasteiger partial charge in [0.15, 0.2) is 10.6 Å². The van der Waals surface area contributed by atoms with Crippen molar-refractivity contribution in [1.82, 2.24) is 9.78 Å². The topological polar surface area (TPSA) is 111 Å². The molecule has 0 saturated carbocycles. The Balaban J connectivity index is 2.74. The highest BCUT2D eigenvalue weighted by Crippen LogP contribution is 2.40. The monoisotopic (exact) mass is 468 g/mol. The highest BCUT2D eigenvalue weighted by Gasteiger charge is 2.51. The van der Waals surface area contributed by atoms with Gasteiger partial charge < -0.3 is 10.5 Å². The number of benzene rings is 1. The minimum Gasteiger partial charge on any atom is -0.406 e. The molecule has 2 aromatic rings. The van der Waals surface area contributed by atoms with E-state index in [1.807, 2.05) is 0 Å². The number of nitrogens with zero attached hydrogens (tertiary/aromatic N) is 3. The number of ether oxygens (including phenoxy) is 1. The first kappa shape index (κ1) is 21.9. The van der Waals surface area contributed by atoms with Crippen molar-refractivity contribution in [2.24, 2.45) is 0 Å². The van der Waals surface area contributed by atoms with E-state index in [2.05, 4.69) is 9.84 Å². The summed E-state index contributed by atoms with van der Waals surface area (Å²) in [7, 11) is -6.09. The van der Waals surface area contributed by atoms with Crippen LogP contribution in [0.3, 0.4) is 0 Å². The second-order valence-corrected chi connectivity index (χ2v) is 7.51. The maximum atomic E-state index is 12.8. The van der Waals surface area contributed by atoms with Crippen molar-refractivity contribution >= 4 is 38.9 Å². The van der Waals surface area contributed by atoms with Crippen LogP contribution in [0.25, 0.3) is 5.69 Å². The summed E-state index contributed by atoms with van der Waals surface area (Å²) in [4.78, 5) is -1.65. The summed E-state index contributed by atoms with van der Waals surface area (Å²) in [5.41, 5.74) is -2.19. The van der Waals surface area contributed by atoms with Crippen LogP contribution in [0, 0.1) is 11.3 Å². The van der Waals surface area contributed by atoms with Gasteiger partial charge in [-0.25, -0.2) is 13.1 Å². The molecule has 0 aliphatic heterocycles. The number of anilines is 1. The van der Waals surface area contributed by atoms with Gasteiger partial charge in [0, 0.05) is 12.1 Å². The normalized spacial score (nSPS) is 12.7. The Morgan fingerprint density at radius 2 is 1.64 bits per heavy atom. The minimum atomic E-state index is -6.09. The molecule has 7 nitrogen and oxygen atoms in total. The van der Waals surface area contributed by atoms with E-state index in [9.17, 15) is 34.8 Å². The summed E-state index contributed by atoms with van der Waals surface area (Å²) in [5, 5.41) is 11.0. The number of nitrogens with two attached hydrogens (primary N) is 1. The SMILES string of the molecule is N#Cc1nn(-c2c(Cl)cc(OC(F)(F)F)cc2Cl)c(N)c1S(=O)(=O)C(F)(F)F. The molecule has 152 valence electrons. The molecule has 0 unspecified atom stereocenters. The number of nitrogen functional groups attached to an aromatic ring is 1. The summed E-state index contributed by atoms with van der Waals surface area (Å²) >= 11 is 11.6. The summed E-state index contributed by atoms with van der Waals surface area (Å²) in [6, 6.07) is 2.30. The van der Waals surface area contributed by atoms with Gasteiger partial charge in [-0.05, 0) is 0 Å². The molecule has 2 N–H and O–H groups in total. The van der Waals surface area contributed by atoms with E-state index in [1.165, 1.54) is 0 Å². The molecule has 1 aromatic carbocycles. The molecular formula is C12H4Cl2F6N4O3S. The molecular weight excluding hydrogens is 465 g/mol. The first-order valence-corrected chi connectivity index (χ1v) is 8.69. The van der Waals surface area contributed by atoms with Crippen molar-refractivity contribution in [3.63, 3.8) is 0 Å². The third kappa shape index (κ3) is 3.91. The van der Waals surface area contributed by atoms with Gasteiger partial charge in [-0.2, -0.15) is 23.5 Å². The quantitative estimate of drug-likeness (QED) is 0.685. The zero-order valence-corrected chi connectivity index (χ0v) is 15.1. The molecule has 0 fully saturated rings. The van der Waals surface area contributed by atoms with E-state index in [4.69, 9.17) is 34.2 Å². The van der Waals surface area contributed by atoms with E-state index in [0.717, 1.165) is 6.07 Å². The van der Waals surface area contributed by atoms with Crippen LogP contribution in [0.15, 0.2) is 17.0 Å². The lowest BCUT2D eigenvalue weighted by Gasteiger charge is -2.13. The molecule has 1 aromatic heterocycles. The van der Waals surface area contributed by atoms with E-state index in [-0.39, 0.29) is 0 Å². The molecule has 28 heavy (non-hydrogen) atoms. The Bertz CT molecular complexity index is 1070. The lowest BCUT2D eigenvalue weighted by atomic mass is 10.3. The van der Waals surface area contributed by atoms with Crippen LogP contribution in [0.1, 0.15) is 5.69 Å². The zero-order chi connectivity index (χ0) is 21.7. The summed E-state index contributed by atoms with van der Waals surface area (Å²) < 4.78 is 103. The van der Waals surface area contributed by atoms with Gasteiger partial charge in [-0.1, -0.05) is 23.2 Å². The Morgan fingerprint density at radius 1 is 1.14 bits per heavy atom. The Morgan fingerprint density at radius 3 is 2.04 bits per heavy atom. The van der Waals surface area contributed by atoms with E-state index in [1.54, 1.807) is 0 Å². The fourth-order valence-corrected chi connectivity index (χ4v) is 3.54. The number of alkyl halides is 6. The number of rotatable bonds is 3. The number of halogens is 8. The average molecular weight is 469 g/mol. The highest BCUT2D eigenvalue weighted by molar-refractivity contribution is 7.92. The van der Waals surface area contributed by atoms with E-state index >= 15 is 0 Å². The molecule has 1 heterocycles. The van der Waals surface area contributed by atoms with Crippen LogP contribution in [0.4, 0.5) is 32.2 Å². The Kier molecular flexibility index (Phi) is 5.41. The van der Waals surface area contributed by atoms with Crippen LogP contribution in [0.2, 0.25) is 10.0 Å². The average Bonchev–Trinajstić information content (AvgIpc) is 2.81. The number of aromatic nitrogens is 2. The van der Waals surface area contributed by atoms with E-state index in [0.29, 0.717) is 16.8 Å². The molecule has 16 heteroatoms. The van der Waals surface area contributed by atoms with Crippen molar-refractivity contribution in [2.75, 3.05) is 5.73 Å². The molecule has 0 saturated heterocycles. The number of nitriles is 1. The van der Waals surface area contributed by atoms with Crippen molar-refractivity contribution < 1.29 is 39.5 Å². The summed E-state index contributed by atoms with van der Waals surface area (Å²) in [6.45, 7) is 0. The maximum absolute atomic E-state index is 12.8. The Hall–Kier alpha value is -2.37. The predicted molar refractivity (Wildman–Crippen MR) is 82.6 cm³/mol. The summed E-state index contributed by atoms with van der Waals surface area (Å²) in [6.07, 6.45) is -5.10. The first-order valence-electron chi connectivity index (χ1n) is 6.45. The van der Waals surface area contributed by atoms with Crippen LogP contribution < -0.4 is 10.5 Å². The fraction of sp³-hybridized carbons (Fsp3) is 0.167. The molecule has 0 spiro atoms. The van der Waals surface area contributed by atoms with Gasteiger partial charge in [-0.15, -0.1) is 13.2 Å². The number of hydrogen-bond acceptors (Lipinski definition) is 6.